The van der Waals surface area contributed by atoms with Gasteiger partial charge in [-0.05, 0) is 42.0 Å². The molecule has 0 spiro atoms. The fourth-order valence-corrected chi connectivity index (χ4v) is 3.13. The summed E-state index contributed by atoms with van der Waals surface area (Å²) in [6.07, 6.45) is 2.86. The lowest BCUT2D eigenvalue weighted by molar-refractivity contribution is 0.283. The van der Waals surface area contributed by atoms with Crippen molar-refractivity contribution < 1.29 is 14.6 Å². The van der Waals surface area contributed by atoms with Gasteiger partial charge in [0, 0.05) is 11.1 Å². The van der Waals surface area contributed by atoms with Crippen LogP contribution in [0.3, 0.4) is 0 Å². The number of aliphatic hydroxyl groups excluding tert-OH is 1. The molecule has 0 fully saturated rings. The van der Waals surface area contributed by atoms with Crippen LogP contribution in [0.4, 0.5) is 0 Å². The number of hydrogen-bond donors (Lipinski definition) is 2. The van der Waals surface area contributed by atoms with Crippen LogP contribution in [0.25, 0.3) is 11.3 Å². The molecule has 0 aliphatic carbocycles. The second-order valence-electron chi connectivity index (χ2n) is 5.97. The van der Waals surface area contributed by atoms with Gasteiger partial charge in [0.15, 0.2) is 11.9 Å². The summed E-state index contributed by atoms with van der Waals surface area (Å²) in [6, 6.07) is 15.7. The van der Waals surface area contributed by atoms with Gasteiger partial charge in [0.05, 0.1) is 32.3 Å². The van der Waals surface area contributed by atoms with E-state index in [4.69, 9.17) is 9.47 Å². The van der Waals surface area contributed by atoms with Crippen LogP contribution in [0.5, 0.6) is 11.5 Å². The summed E-state index contributed by atoms with van der Waals surface area (Å²) in [6.45, 7) is 0. The lowest BCUT2D eigenvalue weighted by Gasteiger charge is -2.24. The zero-order chi connectivity index (χ0) is 18.1. The van der Waals surface area contributed by atoms with Crippen LogP contribution in [-0.2, 0) is 0 Å². The van der Waals surface area contributed by atoms with Gasteiger partial charge in [-0.25, -0.2) is 0 Å². The van der Waals surface area contributed by atoms with E-state index in [1.165, 1.54) is 6.21 Å². The number of aliphatic imine (C=N–C) groups is 1. The topological polar surface area (TPSA) is 66.3 Å². The zero-order valence-electron chi connectivity index (χ0n) is 14.5. The van der Waals surface area contributed by atoms with Crippen molar-refractivity contribution >= 4 is 17.5 Å². The Hall–Kier alpha value is -3.41. The predicted octanol–water partition coefficient (Wildman–Crippen LogP) is 3.20. The number of hydrazine groups is 1. The number of hydrogen-bond acceptors (Lipinski definition) is 6. The molecule has 4 rings (SSSR count). The Morgan fingerprint density at radius 2 is 1.50 bits per heavy atom. The highest BCUT2D eigenvalue weighted by molar-refractivity contribution is 5.95. The van der Waals surface area contributed by atoms with Gasteiger partial charge >= 0.3 is 0 Å². The number of allylic oxidation sites excluding steroid dienone is 1. The van der Waals surface area contributed by atoms with Crippen molar-refractivity contribution in [2.75, 3.05) is 14.2 Å². The third-order valence-electron chi connectivity index (χ3n) is 4.43. The van der Waals surface area contributed by atoms with Gasteiger partial charge in [0.25, 0.3) is 0 Å². The number of fused-ring (bicyclic) bond motifs is 1. The van der Waals surface area contributed by atoms with E-state index in [1.54, 1.807) is 25.4 Å². The molecule has 0 saturated heterocycles. The maximum absolute atomic E-state index is 9.79. The largest absolute Gasteiger partial charge is 0.505 e. The van der Waals surface area contributed by atoms with Gasteiger partial charge in [0.1, 0.15) is 11.5 Å². The molecule has 0 radical (unpaired) electrons. The van der Waals surface area contributed by atoms with Crippen LogP contribution >= 0.6 is 0 Å². The average Bonchev–Trinajstić information content (AvgIpc) is 3.06. The van der Waals surface area contributed by atoms with Crippen molar-refractivity contribution in [3.05, 3.63) is 71.6 Å². The minimum Gasteiger partial charge on any atom is -0.505 e. The van der Waals surface area contributed by atoms with Gasteiger partial charge < -0.3 is 14.6 Å². The Morgan fingerprint density at radius 1 is 0.923 bits per heavy atom. The first-order chi connectivity index (χ1) is 12.7. The summed E-state index contributed by atoms with van der Waals surface area (Å²) in [5, 5.41) is 11.6. The standard InChI is InChI=1S/C20H19N3O3/c1-25-16-7-3-13(4-8-16)18-19(14-5-9-17(26-2)10-6-14)22-23-12-15(24)11-21-20(18)23/h3-12,20,22,24H,1-2H3. The number of benzene rings is 2. The zero-order valence-corrected chi connectivity index (χ0v) is 14.5. The van der Waals surface area contributed by atoms with Crippen LogP contribution in [-0.4, -0.2) is 36.7 Å². The number of aliphatic hydroxyl groups is 1. The number of methoxy groups -OCH3 is 2. The predicted molar refractivity (Wildman–Crippen MR) is 101 cm³/mol. The average molecular weight is 349 g/mol. The van der Waals surface area contributed by atoms with Crippen LogP contribution < -0.4 is 14.9 Å². The van der Waals surface area contributed by atoms with Crippen molar-refractivity contribution in [1.82, 2.24) is 10.4 Å². The van der Waals surface area contributed by atoms with Crippen molar-refractivity contribution in [3.63, 3.8) is 0 Å². The van der Waals surface area contributed by atoms with E-state index < -0.39 is 0 Å². The Balaban J connectivity index is 1.81. The molecule has 1 atom stereocenters. The number of rotatable bonds is 4. The lowest BCUT2D eigenvalue weighted by Crippen LogP contribution is -2.35. The fraction of sp³-hybridized carbons (Fsp3) is 0.150. The fourth-order valence-electron chi connectivity index (χ4n) is 3.13. The van der Waals surface area contributed by atoms with E-state index in [1.807, 2.05) is 48.5 Å². The number of nitrogens with one attached hydrogen (secondary N) is 1. The summed E-state index contributed by atoms with van der Waals surface area (Å²) >= 11 is 0. The molecule has 2 aliphatic heterocycles. The van der Waals surface area contributed by atoms with Gasteiger partial charge in [-0.1, -0.05) is 12.1 Å². The van der Waals surface area contributed by atoms with Crippen LogP contribution in [0.2, 0.25) is 0 Å². The summed E-state index contributed by atoms with van der Waals surface area (Å²) in [7, 11) is 3.29. The van der Waals surface area contributed by atoms with E-state index >= 15 is 0 Å². The molecule has 132 valence electrons. The van der Waals surface area contributed by atoms with Gasteiger partial charge in [-0.15, -0.1) is 0 Å². The van der Waals surface area contributed by atoms with Gasteiger partial charge in [0.2, 0.25) is 0 Å². The second-order valence-corrected chi connectivity index (χ2v) is 5.97. The van der Waals surface area contributed by atoms with Crippen molar-refractivity contribution in [2.24, 2.45) is 4.99 Å². The summed E-state index contributed by atoms with van der Waals surface area (Å²) in [4.78, 5) is 4.49. The van der Waals surface area contributed by atoms with Crippen LogP contribution in [0.15, 0.2) is 65.5 Å². The molecule has 2 N–H and O–H groups in total. The summed E-state index contributed by atoms with van der Waals surface area (Å²) in [5.74, 6) is 1.71. The molecule has 0 aromatic heterocycles. The smallest absolute Gasteiger partial charge is 0.167 e. The molecule has 1 unspecified atom stereocenters. The monoisotopic (exact) mass is 349 g/mol. The Kier molecular flexibility index (Phi) is 4.01. The SMILES string of the molecule is COc1ccc(C2=C(c3ccc(OC)cc3)C3N=CC(O)=CN3N2)cc1. The molecule has 0 amide bonds. The first kappa shape index (κ1) is 16.1. The van der Waals surface area contributed by atoms with Crippen molar-refractivity contribution in [2.45, 2.75) is 6.17 Å². The molecule has 2 aliphatic rings. The number of nitrogens with zero attached hydrogens (tertiary/aromatic N) is 2. The maximum atomic E-state index is 9.79. The van der Waals surface area contributed by atoms with E-state index in [0.717, 1.165) is 33.9 Å². The van der Waals surface area contributed by atoms with Crippen LogP contribution in [0.1, 0.15) is 11.1 Å². The molecule has 2 aromatic rings. The Morgan fingerprint density at radius 3 is 2.08 bits per heavy atom. The quantitative estimate of drug-likeness (QED) is 0.887. The lowest BCUT2D eigenvalue weighted by atomic mass is 9.98. The molecule has 2 heterocycles. The summed E-state index contributed by atoms with van der Waals surface area (Å²) in [5.41, 5.74) is 7.35. The first-order valence-corrected chi connectivity index (χ1v) is 8.21. The molecule has 2 aromatic carbocycles. The normalized spacial score (nSPS) is 18.3. The minimum absolute atomic E-state index is 0.110. The van der Waals surface area contributed by atoms with E-state index in [0.29, 0.717) is 0 Å². The maximum Gasteiger partial charge on any atom is 0.167 e. The highest BCUT2D eigenvalue weighted by Gasteiger charge is 2.34. The minimum atomic E-state index is -0.253. The van der Waals surface area contributed by atoms with Crippen molar-refractivity contribution in [1.29, 1.82) is 0 Å². The molecule has 6 nitrogen and oxygen atoms in total. The van der Waals surface area contributed by atoms with Gasteiger partial charge in [-0.2, -0.15) is 0 Å². The highest BCUT2D eigenvalue weighted by atomic mass is 16.5. The van der Waals surface area contributed by atoms with E-state index in [9.17, 15) is 5.11 Å². The number of ether oxygens (including phenoxy) is 2. The second kappa shape index (κ2) is 6.48. The third kappa shape index (κ3) is 2.75. The van der Waals surface area contributed by atoms with E-state index in [2.05, 4.69) is 10.4 Å². The molecule has 0 saturated carbocycles. The Labute approximate surface area is 151 Å². The van der Waals surface area contributed by atoms with E-state index in [-0.39, 0.29) is 11.9 Å². The molecule has 6 heteroatoms. The highest BCUT2D eigenvalue weighted by Crippen LogP contribution is 2.37. The molecule has 0 bridgehead atoms. The first-order valence-electron chi connectivity index (χ1n) is 8.21. The molecular weight excluding hydrogens is 330 g/mol. The van der Waals surface area contributed by atoms with Crippen LogP contribution in [0, 0.1) is 0 Å². The van der Waals surface area contributed by atoms with Gasteiger partial charge in [-0.3, -0.25) is 15.4 Å². The molecular formula is C20H19N3O3. The third-order valence-corrected chi connectivity index (χ3v) is 4.43. The summed E-state index contributed by atoms with van der Waals surface area (Å²) < 4.78 is 10.5. The Bertz CT molecular complexity index is 899. The van der Waals surface area contributed by atoms with Crippen molar-refractivity contribution in [3.8, 4) is 11.5 Å². The molecule has 26 heavy (non-hydrogen) atoms.